The Labute approximate surface area is 80.8 Å². The van der Waals surface area contributed by atoms with Crippen molar-refractivity contribution in [2.24, 2.45) is 5.41 Å². The minimum absolute atomic E-state index is 0.260. The van der Waals surface area contributed by atoms with Crippen LogP contribution in [0.25, 0.3) is 0 Å². The Balaban J connectivity index is 3.00. The molecule has 0 saturated heterocycles. The molecular formula is C12H17N. The van der Waals surface area contributed by atoms with Gasteiger partial charge < -0.3 is 0 Å². The molecule has 1 heteroatoms. The minimum Gasteiger partial charge on any atom is -0.193 e. The normalized spacial score (nSPS) is 22.0. The molecule has 0 unspecified atom stereocenters. The molecule has 1 rings (SSSR count). The summed E-state index contributed by atoms with van der Waals surface area (Å²) in [6.07, 6.45) is 7.27. The Kier molecular flexibility index (Phi) is 2.93. The summed E-state index contributed by atoms with van der Waals surface area (Å²) in [5.41, 5.74) is 3.07. The quantitative estimate of drug-likeness (QED) is 0.559. The van der Waals surface area contributed by atoms with E-state index in [1.54, 1.807) is 6.08 Å². The van der Waals surface area contributed by atoms with Gasteiger partial charge in [-0.1, -0.05) is 19.4 Å². The molecule has 0 spiro atoms. The fourth-order valence-electron chi connectivity index (χ4n) is 2.13. The first-order valence-corrected chi connectivity index (χ1v) is 4.84. The summed E-state index contributed by atoms with van der Waals surface area (Å²) in [5, 5.41) is 8.49. The average molecular weight is 175 g/mol. The van der Waals surface area contributed by atoms with Gasteiger partial charge >= 0.3 is 0 Å². The predicted molar refractivity (Wildman–Crippen MR) is 55.1 cm³/mol. The van der Waals surface area contributed by atoms with E-state index in [9.17, 15) is 0 Å². The molecular weight excluding hydrogens is 158 g/mol. The van der Waals surface area contributed by atoms with Crippen LogP contribution in [0.15, 0.2) is 23.3 Å². The van der Waals surface area contributed by atoms with E-state index >= 15 is 0 Å². The minimum atomic E-state index is 0.260. The van der Waals surface area contributed by atoms with Crippen LogP contribution in [0.1, 0.15) is 40.0 Å². The highest BCUT2D eigenvalue weighted by molar-refractivity contribution is 5.34. The molecule has 70 valence electrons. The number of nitriles is 1. The van der Waals surface area contributed by atoms with Crippen LogP contribution in [-0.2, 0) is 0 Å². The van der Waals surface area contributed by atoms with Crippen molar-refractivity contribution in [2.45, 2.75) is 40.0 Å². The fraction of sp³-hybridized carbons (Fsp3) is 0.583. The second kappa shape index (κ2) is 3.79. The molecule has 0 atom stereocenters. The van der Waals surface area contributed by atoms with Crippen LogP contribution in [0.4, 0.5) is 0 Å². The summed E-state index contributed by atoms with van der Waals surface area (Å²) in [5.74, 6) is 0. The molecule has 0 N–H and O–H groups in total. The maximum atomic E-state index is 8.49. The van der Waals surface area contributed by atoms with Crippen LogP contribution < -0.4 is 0 Å². The van der Waals surface area contributed by atoms with E-state index in [0.29, 0.717) is 0 Å². The average Bonchev–Trinajstić information content (AvgIpc) is 2.02. The lowest BCUT2D eigenvalue weighted by molar-refractivity contribution is 0.377. The molecule has 13 heavy (non-hydrogen) atoms. The van der Waals surface area contributed by atoms with Crippen molar-refractivity contribution in [1.29, 1.82) is 5.26 Å². The molecule has 0 amide bonds. The van der Waals surface area contributed by atoms with Gasteiger partial charge in [0.1, 0.15) is 0 Å². The van der Waals surface area contributed by atoms with Gasteiger partial charge in [-0.15, -0.1) is 0 Å². The van der Waals surface area contributed by atoms with Gasteiger partial charge in [0, 0.05) is 6.08 Å². The molecule has 0 aromatic carbocycles. The van der Waals surface area contributed by atoms with Crippen molar-refractivity contribution in [1.82, 2.24) is 0 Å². The molecule has 0 radical (unpaired) electrons. The number of nitrogens with zero attached hydrogens (tertiary/aromatic N) is 1. The van der Waals surface area contributed by atoms with E-state index in [-0.39, 0.29) is 5.41 Å². The van der Waals surface area contributed by atoms with Gasteiger partial charge in [0.2, 0.25) is 0 Å². The highest BCUT2D eigenvalue weighted by Crippen LogP contribution is 2.40. The molecule has 1 aliphatic carbocycles. The molecule has 0 heterocycles. The van der Waals surface area contributed by atoms with Crippen molar-refractivity contribution < 1.29 is 0 Å². The Morgan fingerprint density at radius 1 is 1.46 bits per heavy atom. The maximum Gasteiger partial charge on any atom is 0.0912 e. The van der Waals surface area contributed by atoms with Crippen LogP contribution in [0.5, 0.6) is 0 Å². The molecule has 1 aliphatic rings. The highest BCUT2D eigenvalue weighted by atomic mass is 14.3. The lowest BCUT2D eigenvalue weighted by atomic mass is 9.73. The fourth-order valence-corrected chi connectivity index (χ4v) is 2.13. The summed E-state index contributed by atoms with van der Waals surface area (Å²) in [7, 11) is 0. The van der Waals surface area contributed by atoms with E-state index in [4.69, 9.17) is 5.26 Å². The van der Waals surface area contributed by atoms with Crippen molar-refractivity contribution in [3.8, 4) is 6.07 Å². The van der Waals surface area contributed by atoms with E-state index in [2.05, 4.69) is 26.8 Å². The number of hydrogen-bond acceptors (Lipinski definition) is 1. The Bertz CT molecular complexity index is 287. The number of hydrogen-bond donors (Lipinski definition) is 0. The van der Waals surface area contributed by atoms with Gasteiger partial charge in [-0.25, -0.2) is 0 Å². The van der Waals surface area contributed by atoms with Crippen LogP contribution >= 0.6 is 0 Å². The summed E-state index contributed by atoms with van der Waals surface area (Å²) >= 11 is 0. The van der Waals surface area contributed by atoms with Crippen molar-refractivity contribution in [2.75, 3.05) is 0 Å². The molecule has 0 fully saturated rings. The first kappa shape index (κ1) is 10.1. The lowest BCUT2D eigenvalue weighted by Crippen LogP contribution is -2.18. The third kappa shape index (κ3) is 2.21. The van der Waals surface area contributed by atoms with Gasteiger partial charge in [-0.3, -0.25) is 0 Å². The molecule has 0 aromatic rings. The largest absolute Gasteiger partial charge is 0.193 e. The third-order valence-electron chi connectivity index (χ3n) is 2.87. The van der Waals surface area contributed by atoms with Crippen molar-refractivity contribution in [3.63, 3.8) is 0 Å². The van der Waals surface area contributed by atoms with E-state index in [0.717, 1.165) is 0 Å². The van der Waals surface area contributed by atoms with Gasteiger partial charge in [0.15, 0.2) is 0 Å². The standard InChI is InChI=1S/C12H17N/c1-10-6-4-8-12(2,3)11(10)7-5-9-13/h5,7H,4,6,8H2,1-3H3. The van der Waals surface area contributed by atoms with Crippen LogP contribution in [0.3, 0.4) is 0 Å². The Hall–Kier alpha value is -1.03. The maximum absolute atomic E-state index is 8.49. The number of allylic oxidation sites excluding steroid dienone is 4. The lowest BCUT2D eigenvalue weighted by Gasteiger charge is -2.32. The van der Waals surface area contributed by atoms with Crippen molar-refractivity contribution in [3.05, 3.63) is 23.3 Å². The molecule has 1 nitrogen and oxygen atoms in total. The third-order valence-corrected chi connectivity index (χ3v) is 2.87. The van der Waals surface area contributed by atoms with E-state index in [1.807, 2.05) is 6.08 Å². The Morgan fingerprint density at radius 2 is 2.15 bits per heavy atom. The second-order valence-corrected chi connectivity index (χ2v) is 4.39. The SMILES string of the molecule is CC1=C(C=CC#N)C(C)(C)CCC1. The topological polar surface area (TPSA) is 23.8 Å². The highest BCUT2D eigenvalue weighted by Gasteiger charge is 2.26. The van der Waals surface area contributed by atoms with E-state index < -0.39 is 0 Å². The second-order valence-electron chi connectivity index (χ2n) is 4.39. The molecule has 0 aliphatic heterocycles. The molecule has 0 saturated carbocycles. The first-order chi connectivity index (χ1) is 6.08. The summed E-state index contributed by atoms with van der Waals surface area (Å²) < 4.78 is 0. The first-order valence-electron chi connectivity index (χ1n) is 4.84. The van der Waals surface area contributed by atoms with Gasteiger partial charge in [-0.05, 0) is 43.3 Å². The van der Waals surface area contributed by atoms with Crippen LogP contribution in [0, 0.1) is 16.7 Å². The van der Waals surface area contributed by atoms with Gasteiger partial charge in [0.25, 0.3) is 0 Å². The summed E-state index contributed by atoms with van der Waals surface area (Å²) in [4.78, 5) is 0. The summed E-state index contributed by atoms with van der Waals surface area (Å²) in [6.45, 7) is 6.69. The van der Waals surface area contributed by atoms with Crippen LogP contribution in [-0.4, -0.2) is 0 Å². The van der Waals surface area contributed by atoms with E-state index in [1.165, 1.54) is 30.4 Å². The monoisotopic (exact) mass is 175 g/mol. The zero-order valence-electron chi connectivity index (χ0n) is 8.72. The zero-order chi connectivity index (χ0) is 9.90. The van der Waals surface area contributed by atoms with Crippen molar-refractivity contribution >= 4 is 0 Å². The zero-order valence-corrected chi connectivity index (χ0v) is 8.72. The number of rotatable bonds is 1. The molecule has 0 bridgehead atoms. The Morgan fingerprint density at radius 3 is 2.69 bits per heavy atom. The smallest absolute Gasteiger partial charge is 0.0912 e. The van der Waals surface area contributed by atoms with Crippen LogP contribution in [0.2, 0.25) is 0 Å². The summed E-state index contributed by atoms with van der Waals surface area (Å²) in [6, 6.07) is 2.06. The predicted octanol–water partition coefficient (Wildman–Crippen LogP) is 3.59. The van der Waals surface area contributed by atoms with Gasteiger partial charge in [0.05, 0.1) is 6.07 Å². The molecule has 0 aromatic heterocycles. The van der Waals surface area contributed by atoms with Gasteiger partial charge in [-0.2, -0.15) is 5.26 Å².